The first-order valence-electron chi connectivity index (χ1n) is 6.42. The molecule has 0 radical (unpaired) electrons. The van der Waals surface area contributed by atoms with E-state index in [-0.39, 0.29) is 0 Å². The third-order valence-electron chi connectivity index (χ3n) is 3.08. The third-order valence-corrected chi connectivity index (χ3v) is 3.25. The number of para-hydroxylation sites is 1. The Hall–Kier alpha value is -1.32. The van der Waals surface area contributed by atoms with E-state index in [1.807, 2.05) is 25.1 Å². The summed E-state index contributed by atoms with van der Waals surface area (Å²) in [5.41, 5.74) is 3.22. The molecule has 1 heterocycles. The van der Waals surface area contributed by atoms with Crippen LogP contribution in [0.15, 0.2) is 30.3 Å². The second-order valence-electron chi connectivity index (χ2n) is 4.47. The highest BCUT2D eigenvalue weighted by Crippen LogP contribution is 2.26. The van der Waals surface area contributed by atoms with Crippen molar-refractivity contribution in [3.05, 3.63) is 36.0 Å². The summed E-state index contributed by atoms with van der Waals surface area (Å²) in [6, 6.07) is 10.3. The highest BCUT2D eigenvalue weighted by atomic mass is 35.5. The number of anilines is 1. The molecule has 0 saturated heterocycles. The van der Waals surface area contributed by atoms with E-state index in [1.54, 1.807) is 7.11 Å². The molecule has 0 amide bonds. The highest BCUT2D eigenvalue weighted by Gasteiger charge is 2.11. The average Bonchev–Trinajstić information content (AvgIpc) is 2.42. The summed E-state index contributed by atoms with van der Waals surface area (Å²) in [5.74, 6) is 0.597. The van der Waals surface area contributed by atoms with Crippen molar-refractivity contribution in [1.29, 1.82) is 0 Å². The molecule has 102 valence electrons. The summed E-state index contributed by atoms with van der Waals surface area (Å²) in [4.78, 5) is 6.83. The van der Waals surface area contributed by atoms with Crippen LogP contribution in [0.25, 0.3) is 10.9 Å². The van der Waals surface area contributed by atoms with Gasteiger partial charge in [0.05, 0.1) is 12.1 Å². The van der Waals surface area contributed by atoms with Gasteiger partial charge in [0.2, 0.25) is 0 Å². The molecule has 4 heteroatoms. The fourth-order valence-electron chi connectivity index (χ4n) is 2.20. The van der Waals surface area contributed by atoms with Crippen molar-refractivity contribution in [1.82, 2.24) is 4.98 Å². The molecule has 3 nitrogen and oxygen atoms in total. The Kier molecular flexibility index (Phi) is 5.00. The van der Waals surface area contributed by atoms with E-state index in [2.05, 4.69) is 22.0 Å². The van der Waals surface area contributed by atoms with Crippen LogP contribution in [0.1, 0.15) is 5.69 Å². The number of alkyl halides is 1. The molecule has 0 fully saturated rings. The molecule has 19 heavy (non-hydrogen) atoms. The van der Waals surface area contributed by atoms with Gasteiger partial charge in [0, 0.05) is 42.8 Å². The number of methoxy groups -OCH3 is 1. The Labute approximate surface area is 119 Å². The monoisotopic (exact) mass is 278 g/mol. The molecular weight excluding hydrogens is 260 g/mol. The number of hydrogen-bond donors (Lipinski definition) is 0. The number of aromatic nitrogens is 1. The maximum atomic E-state index is 5.92. The number of nitrogens with zero attached hydrogens (tertiary/aromatic N) is 2. The van der Waals surface area contributed by atoms with Gasteiger partial charge in [-0.25, -0.2) is 0 Å². The Bertz CT molecular complexity index is 545. The molecule has 0 aliphatic heterocycles. The van der Waals surface area contributed by atoms with Gasteiger partial charge in [-0.3, -0.25) is 4.98 Å². The molecule has 0 unspecified atom stereocenters. The number of aryl methyl sites for hydroxylation is 1. The Morgan fingerprint density at radius 3 is 2.79 bits per heavy atom. The zero-order valence-electron chi connectivity index (χ0n) is 11.4. The van der Waals surface area contributed by atoms with E-state index in [0.717, 1.165) is 29.7 Å². The molecule has 0 atom stereocenters. The predicted octanol–water partition coefficient (Wildman–Crippen LogP) is 3.23. The van der Waals surface area contributed by atoms with Gasteiger partial charge in [-0.1, -0.05) is 18.2 Å². The van der Waals surface area contributed by atoms with Crippen molar-refractivity contribution in [3.63, 3.8) is 0 Å². The van der Waals surface area contributed by atoms with Gasteiger partial charge < -0.3 is 9.64 Å². The highest BCUT2D eigenvalue weighted by molar-refractivity contribution is 6.18. The van der Waals surface area contributed by atoms with Crippen LogP contribution in [0.5, 0.6) is 0 Å². The van der Waals surface area contributed by atoms with Crippen molar-refractivity contribution in [2.24, 2.45) is 0 Å². The lowest BCUT2D eigenvalue weighted by atomic mass is 10.1. The number of pyridine rings is 1. The molecular formula is C15H19ClN2O. The van der Waals surface area contributed by atoms with Crippen LogP contribution in [0.4, 0.5) is 5.69 Å². The molecule has 0 spiro atoms. The van der Waals surface area contributed by atoms with Crippen LogP contribution in [0.2, 0.25) is 0 Å². The SMILES string of the molecule is COCCN(CCCl)c1cc(C)nc2ccccc12. The Morgan fingerprint density at radius 2 is 2.05 bits per heavy atom. The number of rotatable bonds is 6. The van der Waals surface area contributed by atoms with Crippen molar-refractivity contribution >= 4 is 28.2 Å². The lowest BCUT2D eigenvalue weighted by Gasteiger charge is -2.25. The largest absolute Gasteiger partial charge is 0.383 e. The Balaban J connectivity index is 2.45. The zero-order valence-corrected chi connectivity index (χ0v) is 12.2. The minimum atomic E-state index is 0.597. The van der Waals surface area contributed by atoms with Gasteiger partial charge in [0.1, 0.15) is 0 Å². The van der Waals surface area contributed by atoms with E-state index in [9.17, 15) is 0 Å². The van der Waals surface area contributed by atoms with Crippen LogP contribution >= 0.6 is 11.6 Å². The van der Waals surface area contributed by atoms with E-state index >= 15 is 0 Å². The van der Waals surface area contributed by atoms with E-state index in [0.29, 0.717) is 12.5 Å². The quantitative estimate of drug-likeness (QED) is 0.759. The fraction of sp³-hybridized carbons (Fsp3) is 0.400. The van der Waals surface area contributed by atoms with E-state index in [4.69, 9.17) is 16.3 Å². The smallest absolute Gasteiger partial charge is 0.0726 e. The van der Waals surface area contributed by atoms with Crippen molar-refractivity contribution in [3.8, 4) is 0 Å². The van der Waals surface area contributed by atoms with Crippen molar-refractivity contribution in [2.45, 2.75) is 6.92 Å². The lowest BCUT2D eigenvalue weighted by molar-refractivity contribution is 0.205. The maximum Gasteiger partial charge on any atom is 0.0726 e. The second-order valence-corrected chi connectivity index (χ2v) is 4.85. The number of fused-ring (bicyclic) bond motifs is 1. The number of ether oxygens (including phenoxy) is 1. The molecule has 0 bridgehead atoms. The summed E-state index contributed by atoms with van der Waals surface area (Å²) >= 11 is 5.92. The molecule has 0 N–H and O–H groups in total. The average molecular weight is 279 g/mol. The molecule has 2 aromatic rings. The Morgan fingerprint density at radius 1 is 1.26 bits per heavy atom. The van der Waals surface area contributed by atoms with Crippen LogP contribution in [-0.4, -0.2) is 37.7 Å². The predicted molar refractivity (Wildman–Crippen MR) is 81.3 cm³/mol. The zero-order chi connectivity index (χ0) is 13.7. The van der Waals surface area contributed by atoms with Crippen LogP contribution in [0.3, 0.4) is 0 Å². The van der Waals surface area contributed by atoms with Gasteiger partial charge >= 0.3 is 0 Å². The number of hydrogen-bond acceptors (Lipinski definition) is 3. The third kappa shape index (κ3) is 3.37. The van der Waals surface area contributed by atoms with Gasteiger partial charge in [-0.15, -0.1) is 11.6 Å². The number of benzene rings is 1. The molecule has 1 aromatic heterocycles. The summed E-state index contributed by atoms with van der Waals surface area (Å²) in [6.45, 7) is 4.34. The molecule has 0 aliphatic rings. The topological polar surface area (TPSA) is 25.4 Å². The normalized spacial score (nSPS) is 10.9. The second kappa shape index (κ2) is 6.73. The summed E-state index contributed by atoms with van der Waals surface area (Å²) in [6.07, 6.45) is 0. The number of halogens is 1. The standard InChI is InChI=1S/C15H19ClN2O/c1-12-11-15(18(8-7-16)9-10-19-2)13-5-3-4-6-14(13)17-12/h3-6,11H,7-10H2,1-2H3. The van der Waals surface area contributed by atoms with Gasteiger partial charge in [0.15, 0.2) is 0 Å². The van der Waals surface area contributed by atoms with E-state index < -0.39 is 0 Å². The van der Waals surface area contributed by atoms with Crippen molar-refractivity contribution < 1.29 is 4.74 Å². The van der Waals surface area contributed by atoms with Crippen LogP contribution < -0.4 is 4.90 Å². The lowest BCUT2D eigenvalue weighted by Crippen LogP contribution is -2.29. The fourth-order valence-corrected chi connectivity index (χ4v) is 2.41. The van der Waals surface area contributed by atoms with Gasteiger partial charge in [0.25, 0.3) is 0 Å². The first-order valence-corrected chi connectivity index (χ1v) is 6.96. The van der Waals surface area contributed by atoms with Crippen molar-refractivity contribution in [2.75, 3.05) is 37.6 Å². The maximum absolute atomic E-state index is 5.92. The molecule has 0 saturated carbocycles. The van der Waals surface area contributed by atoms with Crippen LogP contribution in [-0.2, 0) is 4.74 Å². The molecule has 2 rings (SSSR count). The van der Waals surface area contributed by atoms with Gasteiger partial charge in [-0.05, 0) is 19.1 Å². The summed E-state index contributed by atoms with van der Waals surface area (Å²) in [5, 5.41) is 1.16. The van der Waals surface area contributed by atoms with E-state index in [1.165, 1.54) is 5.69 Å². The van der Waals surface area contributed by atoms with Crippen LogP contribution in [0, 0.1) is 6.92 Å². The molecule has 0 aliphatic carbocycles. The summed E-state index contributed by atoms with van der Waals surface area (Å²) in [7, 11) is 1.72. The summed E-state index contributed by atoms with van der Waals surface area (Å²) < 4.78 is 5.18. The van der Waals surface area contributed by atoms with Gasteiger partial charge in [-0.2, -0.15) is 0 Å². The minimum absolute atomic E-state index is 0.597. The first kappa shape index (κ1) is 14.1. The first-order chi connectivity index (χ1) is 9.26. The minimum Gasteiger partial charge on any atom is -0.383 e. The molecule has 1 aromatic carbocycles.